The molecule has 1 aliphatic heterocycles. The maximum Gasteiger partial charge on any atom is 0.236 e. The van der Waals surface area contributed by atoms with E-state index in [1.165, 1.54) is 19.3 Å². The van der Waals surface area contributed by atoms with Crippen LogP contribution in [0, 0.1) is 11.8 Å². The molecule has 1 amide bonds. The predicted molar refractivity (Wildman–Crippen MR) is 78.7 cm³/mol. The standard InChI is InChI=1S/C14H26N2O3S/c1-12-5-3-4-6-13(12)11-14(17)15(2)16-7-9-20(18,19)10-8-16/h12-13H,3-11H2,1-2H3. The highest BCUT2D eigenvalue weighted by Crippen LogP contribution is 2.32. The molecule has 0 radical (unpaired) electrons. The fourth-order valence-corrected chi connectivity index (χ4v) is 4.40. The Labute approximate surface area is 122 Å². The van der Waals surface area contributed by atoms with Crippen LogP contribution in [0.5, 0.6) is 0 Å². The minimum Gasteiger partial charge on any atom is -0.278 e. The Hall–Kier alpha value is -0.620. The van der Waals surface area contributed by atoms with Gasteiger partial charge < -0.3 is 0 Å². The zero-order valence-corrected chi connectivity index (χ0v) is 13.4. The van der Waals surface area contributed by atoms with Gasteiger partial charge in [-0.05, 0) is 18.3 Å². The summed E-state index contributed by atoms with van der Waals surface area (Å²) in [5.41, 5.74) is 0. The van der Waals surface area contributed by atoms with Gasteiger partial charge in [0, 0.05) is 26.6 Å². The van der Waals surface area contributed by atoms with Gasteiger partial charge in [-0.1, -0.05) is 26.2 Å². The Balaban J connectivity index is 1.85. The summed E-state index contributed by atoms with van der Waals surface area (Å²) in [7, 11) is -1.12. The van der Waals surface area contributed by atoms with Crippen LogP contribution in [0.15, 0.2) is 0 Å². The fourth-order valence-electron chi connectivity index (χ4n) is 3.21. The Morgan fingerprint density at radius 2 is 1.80 bits per heavy atom. The van der Waals surface area contributed by atoms with Gasteiger partial charge in [0.2, 0.25) is 5.91 Å². The first kappa shape index (κ1) is 15.8. The summed E-state index contributed by atoms with van der Waals surface area (Å²) >= 11 is 0. The van der Waals surface area contributed by atoms with Gasteiger partial charge in [0.05, 0.1) is 11.5 Å². The third kappa shape index (κ3) is 3.95. The van der Waals surface area contributed by atoms with Crippen molar-refractivity contribution in [3.63, 3.8) is 0 Å². The molecule has 1 heterocycles. The van der Waals surface area contributed by atoms with Crippen LogP contribution in [0.2, 0.25) is 0 Å². The van der Waals surface area contributed by atoms with Gasteiger partial charge in [-0.2, -0.15) is 0 Å². The van der Waals surface area contributed by atoms with Crippen molar-refractivity contribution in [2.45, 2.75) is 39.0 Å². The summed E-state index contributed by atoms with van der Waals surface area (Å²) < 4.78 is 22.8. The average Bonchev–Trinajstić information content (AvgIpc) is 2.40. The van der Waals surface area contributed by atoms with Crippen LogP contribution in [0.25, 0.3) is 0 Å². The van der Waals surface area contributed by atoms with E-state index in [1.807, 2.05) is 5.01 Å². The quantitative estimate of drug-likeness (QED) is 0.788. The average molecular weight is 302 g/mol. The Morgan fingerprint density at radius 3 is 2.40 bits per heavy atom. The molecule has 0 N–H and O–H groups in total. The smallest absolute Gasteiger partial charge is 0.236 e. The molecule has 6 heteroatoms. The van der Waals surface area contributed by atoms with Crippen molar-refractivity contribution >= 4 is 15.7 Å². The van der Waals surface area contributed by atoms with E-state index in [1.54, 1.807) is 12.1 Å². The van der Waals surface area contributed by atoms with Crippen molar-refractivity contribution in [1.29, 1.82) is 0 Å². The minimum atomic E-state index is -2.89. The molecule has 20 heavy (non-hydrogen) atoms. The maximum atomic E-state index is 12.4. The lowest BCUT2D eigenvalue weighted by molar-refractivity contribution is -0.147. The second kappa shape index (κ2) is 6.43. The molecule has 2 aliphatic rings. The lowest BCUT2D eigenvalue weighted by atomic mass is 9.78. The van der Waals surface area contributed by atoms with Crippen LogP contribution in [0.1, 0.15) is 39.0 Å². The lowest BCUT2D eigenvalue weighted by Crippen LogP contribution is -2.51. The molecule has 0 spiro atoms. The van der Waals surface area contributed by atoms with Gasteiger partial charge in [0.25, 0.3) is 0 Å². The van der Waals surface area contributed by atoms with Gasteiger partial charge in [-0.3, -0.25) is 9.80 Å². The van der Waals surface area contributed by atoms with E-state index in [2.05, 4.69) is 6.92 Å². The largest absolute Gasteiger partial charge is 0.278 e. The Morgan fingerprint density at radius 1 is 1.20 bits per heavy atom. The molecule has 2 atom stereocenters. The molecule has 0 aromatic carbocycles. The first-order valence-electron chi connectivity index (χ1n) is 7.61. The third-order valence-electron chi connectivity index (χ3n) is 4.83. The van der Waals surface area contributed by atoms with Gasteiger partial charge in [-0.25, -0.2) is 13.4 Å². The van der Waals surface area contributed by atoms with Gasteiger partial charge in [0.15, 0.2) is 9.84 Å². The van der Waals surface area contributed by atoms with E-state index in [9.17, 15) is 13.2 Å². The highest BCUT2D eigenvalue weighted by atomic mass is 32.2. The monoisotopic (exact) mass is 302 g/mol. The molecule has 0 aromatic heterocycles. The van der Waals surface area contributed by atoms with Crippen molar-refractivity contribution in [2.75, 3.05) is 31.6 Å². The lowest BCUT2D eigenvalue weighted by Gasteiger charge is -2.36. The van der Waals surface area contributed by atoms with Crippen LogP contribution < -0.4 is 0 Å². The minimum absolute atomic E-state index is 0.128. The molecule has 2 fully saturated rings. The van der Waals surface area contributed by atoms with Crippen molar-refractivity contribution < 1.29 is 13.2 Å². The Bertz CT molecular complexity index is 435. The zero-order chi connectivity index (χ0) is 14.8. The van der Waals surface area contributed by atoms with Gasteiger partial charge >= 0.3 is 0 Å². The van der Waals surface area contributed by atoms with Crippen molar-refractivity contribution in [3.8, 4) is 0 Å². The molecule has 1 saturated heterocycles. The van der Waals surface area contributed by atoms with E-state index in [0.29, 0.717) is 31.3 Å². The molecule has 2 rings (SSSR count). The van der Waals surface area contributed by atoms with Crippen LogP contribution >= 0.6 is 0 Å². The number of carbonyl (C=O) groups excluding carboxylic acids is 1. The Kier molecular flexibility index (Phi) is 5.07. The number of carbonyl (C=O) groups is 1. The fraction of sp³-hybridized carbons (Fsp3) is 0.929. The number of sulfone groups is 1. The van der Waals surface area contributed by atoms with Crippen LogP contribution in [-0.2, 0) is 14.6 Å². The second-order valence-corrected chi connectivity index (χ2v) is 8.55. The van der Waals surface area contributed by atoms with E-state index in [0.717, 1.165) is 6.42 Å². The van der Waals surface area contributed by atoms with Crippen LogP contribution in [0.4, 0.5) is 0 Å². The number of amides is 1. The molecule has 2 unspecified atom stereocenters. The molecule has 1 saturated carbocycles. The highest BCUT2D eigenvalue weighted by molar-refractivity contribution is 7.91. The van der Waals surface area contributed by atoms with Gasteiger partial charge in [0.1, 0.15) is 0 Å². The van der Waals surface area contributed by atoms with E-state index < -0.39 is 9.84 Å². The van der Waals surface area contributed by atoms with E-state index in [4.69, 9.17) is 0 Å². The molecule has 0 aromatic rings. The number of rotatable bonds is 3. The molecular formula is C14H26N2O3S. The van der Waals surface area contributed by atoms with Crippen molar-refractivity contribution in [1.82, 2.24) is 10.0 Å². The van der Waals surface area contributed by atoms with Crippen molar-refractivity contribution in [2.24, 2.45) is 11.8 Å². The summed E-state index contributed by atoms with van der Waals surface area (Å²) in [4.78, 5) is 12.4. The summed E-state index contributed by atoms with van der Waals surface area (Å²) in [6.07, 6.45) is 5.49. The van der Waals surface area contributed by atoms with Crippen LogP contribution in [0.3, 0.4) is 0 Å². The van der Waals surface area contributed by atoms with Crippen LogP contribution in [-0.4, -0.2) is 56.0 Å². The van der Waals surface area contributed by atoms with Crippen molar-refractivity contribution in [3.05, 3.63) is 0 Å². The SMILES string of the molecule is CC1CCCCC1CC(=O)N(C)N1CCS(=O)(=O)CC1. The third-order valence-corrected chi connectivity index (χ3v) is 6.44. The first-order chi connectivity index (χ1) is 9.39. The molecular weight excluding hydrogens is 276 g/mol. The number of nitrogens with zero attached hydrogens (tertiary/aromatic N) is 2. The summed E-state index contributed by atoms with van der Waals surface area (Å²) in [5, 5.41) is 3.52. The molecule has 0 bridgehead atoms. The van der Waals surface area contributed by atoms with E-state index in [-0.39, 0.29) is 17.4 Å². The highest BCUT2D eigenvalue weighted by Gasteiger charge is 2.29. The number of hydrogen-bond acceptors (Lipinski definition) is 4. The number of hydrogen-bond donors (Lipinski definition) is 0. The topological polar surface area (TPSA) is 57.7 Å². The van der Waals surface area contributed by atoms with Gasteiger partial charge in [-0.15, -0.1) is 0 Å². The summed E-state index contributed by atoms with van der Waals surface area (Å²) in [6, 6.07) is 0. The second-order valence-electron chi connectivity index (χ2n) is 6.25. The maximum absolute atomic E-state index is 12.4. The zero-order valence-electron chi connectivity index (χ0n) is 12.5. The first-order valence-corrected chi connectivity index (χ1v) is 9.43. The number of hydrazine groups is 1. The molecule has 5 nitrogen and oxygen atoms in total. The van der Waals surface area contributed by atoms with E-state index >= 15 is 0 Å². The normalized spacial score (nSPS) is 30.9. The molecule has 116 valence electrons. The summed E-state index contributed by atoms with van der Waals surface area (Å²) in [6.45, 7) is 3.11. The summed E-state index contributed by atoms with van der Waals surface area (Å²) in [5.74, 6) is 1.56. The molecule has 1 aliphatic carbocycles. The predicted octanol–water partition coefficient (Wildman–Crippen LogP) is 1.31.